The van der Waals surface area contributed by atoms with Gasteiger partial charge in [-0.05, 0) is 60.9 Å². The molecule has 0 radical (unpaired) electrons. The van der Waals surface area contributed by atoms with Crippen LogP contribution >= 0.6 is 0 Å². The van der Waals surface area contributed by atoms with Crippen molar-refractivity contribution >= 4 is 11.7 Å². The van der Waals surface area contributed by atoms with Gasteiger partial charge in [-0.15, -0.1) is 10.2 Å². The van der Waals surface area contributed by atoms with Gasteiger partial charge in [0.1, 0.15) is 11.5 Å². The van der Waals surface area contributed by atoms with Crippen LogP contribution in [-0.2, 0) is 6.42 Å². The maximum absolute atomic E-state index is 13.0. The number of carbonyl (C=O) groups is 1. The average Bonchev–Trinajstić information content (AvgIpc) is 3.28. The van der Waals surface area contributed by atoms with E-state index in [0.29, 0.717) is 12.2 Å². The smallest absolute Gasteiger partial charge is 0.315 e. The van der Waals surface area contributed by atoms with Crippen LogP contribution in [0.15, 0.2) is 72.9 Å². The third-order valence-electron chi connectivity index (χ3n) is 5.50. The molecular weight excluding hydrogens is 418 g/mol. The highest BCUT2D eigenvalue weighted by atomic mass is 16.5. The molecule has 2 N–H and O–H groups in total. The minimum absolute atomic E-state index is 0.244. The summed E-state index contributed by atoms with van der Waals surface area (Å²) in [6.07, 6.45) is 2.50. The molecule has 4 rings (SSSR count). The van der Waals surface area contributed by atoms with Crippen LogP contribution in [0.2, 0.25) is 0 Å². The Hall–Kier alpha value is -4.07. The first kappa shape index (κ1) is 22.1. The van der Waals surface area contributed by atoms with Gasteiger partial charge in [-0.1, -0.05) is 30.3 Å². The first-order chi connectivity index (χ1) is 16.1. The van der Waals surface area contributed by atoms with Crippen LogP contribution < -0.4 is 20.1 Å². The van der Waals surface area contributed by atoms with E-state index in [9.17, 15) is 4.79 Å². The summed E-state index contributed by atoms with van der Waals surface area (Å²) < 4.78 is 12.4. The Kier molecular flexibility index (Phi) is 6.73. The number of carbonyl (C=O) groups excluding carboxylic acids is 1. The lowest BCUT2D eigenvalue weighted by atomic mass is 9.98. The van der Waals surface area contributed by atoms with Gasteiger partial charge in [-0.25, -0.2) is 4.79 Å². The molecule has 8 heteroatoms. The summed E-state index contributed by atoms with van der Waals surface area (Å²) in [7, 11) is 3.27. The number of nitrogens with zero attached hydrogens (tertiary/aromatic N) is 3. The number of rotatable bonds is 8. The lowest BCUT2D eigenvalue weighted by Crippen LogP contribution is -2.40. The van der Waals surface area contributed by atoms with Crippen LogP contribution in [-0.4, -0.2) is 34.8 Å². The van der Waals surface area contributed by atoms with Crippen molar-refractivity contribution in [3.05, 3.63) is 89.9 Å². The van der Waals surface area contributed by atoms with Crippen LogP contribution in [0.5, 0.6) is 11.5 Å². The Morgan fingerprint density at radius 1 is 0.909 bits per heavy atom. The number of methoxy groups -OCH3 is 2. The number of benzene rings is 2. The van der Waals surface area contributed by atoms with Crippen molar-refractivity contribution < 1.29 is 14.3 Å². The highest BCUT2D eigenvalue weighted by molar-refractivity contribution is 5.75. The summed E-state index contributed by atoms with van der Waals surface area (Å²) in [5.41, 5.74) is 2.79. The second-order valence-corrected chi connectivity index (χ2v) is 7.70. The topological polar surface area (TPSA) is 89.8 Å². The molecule has 0 unspecified atom stereocenters. The standard InChI is InChI=1S/C25H27N5O3/c1-17(24-29-28-23-6-4-5-15-30(23)24)26-25(31)27-22(19-9-13-21(33-3)14-10-19)16-18-7-11-20(32-2)12-8-18/h4-15,17,22H,16H2,1-3H3,(H2,26,27,31)/t17-,22+/m1/s1. The van der Waals surface area contributed by atoms with E-state index in [2.05, 4.69) is 20.8 Å². The SMILES string of the molecule is COc1ccc(C[C@H](NC(=O)N[C@H](C)c2nnc3ccccn23)c2ccc(OC)cc2)cc1. The second kappa shape index (κ2) is 10.0. The van der Waals surface area contributed by atoms with Gasteiger partial charge in [-0.3, -0.25) is 4.40 Å². The predicted molar refractivity (Wildman–Crippen MR) is 126 cm³/mol. The van der Waals surface area contributed by atoms with Crippen molar-refractivity contribution in [2.75, 3.05) is 14.2 Å². The molecule has 8 nitrogen and oxygen atoms in total. The summed E-state index contributed by atoms with van der Waals surface area (Å²) in [6.45, 7) is 1.88. The molecule has 0 fully saturated rings. The lowest BCUT2D eigenvalue weighted by Gasteiger charge is -2.22. The highest BCUT2D eigenvalue weighted by Gasteiger charge is 2.20. The molecule has 0 aliphatic rings. The molecule has 0 aliphatic heterocycles. The Balaban J connectivity index is 1.50. The fourth-order valence-electron chi connectivity index (χ4n) is 3.70. The number of hydrogen-bond acceptors (Lipinski definition) is 5. The fraction of sp³-hybridized carbons (Fsp3) is 0.240. The number of ether oxygens (including phenoxy) is 2. The predicted octanol–water partition coefficient (Wildman–Crippen LogP) is 4.09. The number of aromatic nitrogens is 3. The van der Waals surface area contributed by atoms with Crippen molar-refractivity contribution in [2.45, 2.75) is 25.4 Å². The van der Waals surface area contributed by atoms with E-state index in [0.717, 1.165) is 28.3 Å². The Labute approximate surface area is 192 Å². The van der Waals surface area contributed by atoms with E-state index in [1.54, 1.807) is 14.2 Å². The maximum Gasteiger partial charge on any atom is 0.315 e. The number of hydrogen-bond donors (Lipinski definition) is 2. The first-order valence-electron chi connectivity index (χ1n) is 10.7. The Bertz CT molecular complexity index is 1200. The minimum atomic E-state index is -0.333. The summed E-state index contributed by atoms with van der Waals surface area (Å²) in [6, 6.07) is 20.3. The van der Waals surface area contributed by atoms with E-state index in [1.807, 2.05) is 84.3 Å². The summed E-state index contributed by atoms with van der Waals surface area (Å²) in [4.78, 5) is 13.0. The molecule has 0 saturated heterocycles. The second-order valence-electron chi connectivity index (χ2n) is 7.70. The zero-order chi connectivity index (χ0) is 23.2. The molecule has 0 spiro atoms. The van der Waals surface area contributed by atoms with Crippen molar-refractivity contribution in [2.24, 2.45) is 0 Å². The van der Waals surface area contributed by atoms with E-state index in [1.165, 1.54) is 0 Å². The van der Waals surface area contributed by atoms with Crippen LogP contribution in [0.3, 0.4) is 0 Å². The third kappa shape index (κ3) is 5.23. The average molecular weight is 446 g/mol. The maximum atomic E-state index is 13.0. The zero-order valence-corrected chi connectivity index (χ0v) is 18.9. The van der Waals surface area contributed by atoms with E-state index in [4.69, 9.17) is 9.47 Å². The summed E-state index contributed by atoms with van der Waals surface area (Å²) in [5.74, 6) is 2.22. The van der Waals surface area contributed by atoms with Gasteiger partial charge in [0.05, 0.1) is 26.3 Å². The molecule has 0 saturated carbocycles. The van der Waals surface area contributed by atoms with Crippen LogP contribution in [0, 0.1) is 0 Å². The number of fused-ring (bicyclic) bond motifs is 1. The summed E-state index contributed by atoms with van der Waals surface area (Å²) in [5, 5.41) is 14.5. The number of pyridine rings is 1. The lowest BCUT2D eigenvalue weighted by molar-refractivity contribution is 0.233. The van der Waals surface area contributed by atoms with E-state index < -0.39 is 0 Å². The van der Waals surface area contributed by atoms with Crippen molar-refractivity contribution in [1.82, 2.24) is 25.2 Å². The van der Waals surface area contributed by atoms with Gasteiger partial charge in [0.25, 0.3) is 0 Å². The van der Waals surface area contributed by atoms with Gasteiger partial charge in [0.2, 0.25) is 0 Å². The van der Waals surface area contributed by atoms with Crippen LogP contribution in [0.4, 0.5) is 4.79 Å². The highest BCUT2D eigenvalue weighted by Crippen LogP contribution is 2.23. The Morgan fingerprint density at radius 2 is 1.58 bits per heavy atom. The molecule has 4 aromatic rings. The van der Waals surface area contributed by atoms with Gasteiger partial charge in [0.15, 0.2) is 11.5 Å². The number of nitrogens with one attached hydrogen (secondary N) is 2. The van der Waals surface area contributed by atoms with Gasteiger partial charge < -0.3 is 20.1 Å². The molecule has 2 amide bonds. The van der Waals surface area contributed by atoms with Gasteiger partial charge in [0, 0.05) is 6.20 Å². The number of amides is 2. The summed E-state index contributed by atoms with van der Waals surface area (Å²) >= 11 is 0. The Morgan fingerprint density at radius 3 is 2.24 bits per heavy atom. The molecule has 2 aromatic carbocycles. The van der Waals surface area contributed by atoms with Gasteiger partial charge in [-0.2, -0.15) is 0 Å². The normalized spacial score (nSPS) is 12.7. The molecule has 33 heavy (non-hydrogen) atoms. The van der Waals surface area contributed by atoms with E-state index >= 15 is 0 Å². The van der Waals surface area contributed by atoms with Crippen molar-refractivity contribution in [3.8, 4) is 11.5 Å². The fourth-order valence-corrected chi connectivity index (χ4v) is 3.70. The molecule has 0 aliphatic carbocycles. The van der Waals surface area contributed by atoms with Crippen molar-refractivity contribution in [1.29, 1.82) is 0 Å². The molecule has 2 atom stereocenters. The van der Waals surface area contributed by atoms with Gasteiger partial charge >= 0.3 is 6.03 Å². The third-order valence-corrected chi connectivity index (χ3v) is 5.50. The minimum Gasteiger partial charge on any atom is -0.497 e. The monoisotopic (exact) mass is 445 g/mol. The largest absolute Gasteiger partial charge is 0.497 e. The van der Waals surface area contributed by atoms with E-state index in [-0.39, 0.29) is 18.1 Å². The molecular formula is C25H27N5O3. The molecule has 170 valence electrons. The zero-order valence-electron chi connectivity index (χ0n) is 18.9. The van der Waals surface area contributed by atoms with Crippen LogP contribution in [0.1, 0.15) is 36.0 Å². The number of urea groups is 1. The molecule has 2 heterocycles. The first-order valence-corrected chi connectivity index (χ1v) is 10.7. The van der Waals surface area contributed by atoms with Crippen LogP contribution in [0.25, 0.3) is 5.65 Å². The van der Waals surface area contributed by atoms with Crippen molar-refractivity contribution in [3.63, 3.8) is 0 Å². The quantitative estimate of drug-likeness (QED) is 0.426. The molecule has 0 bridgehead atoms. The molecule has 2 aromatic heterocycles.